The lowest BCUT2D eigenvalue weighted by molar-refractivity contribution is -0.385. The first-order valence-electron chi connectivity index (χ1n) is 5.95. The fourth-order valence-corrected chi connectivity index (χ4v) is 1.50. The minimum absolute atomic E-state index is 0.157. The third kappa shape index (κ3) is 4.62. The topological polar surface area (TPSA) is 90.1 Å². The molecular weight excluding hydrogens is 236 g/mol. The largest absolute Gasteiger partial charge is 0.347 e. The van der Waals surface area contributed by atoms with Crippen LogP contribution in [0.5, 0.6) is 0 Å². The Morgan fingerprint density at radius 3 is 2.83 bits per heavy atom. The van der Waals surface area contributed by atoms with Gasteiger partial charge in [-0.3, -0.25) is 14.7 Å². The molecule has 0 aliphatic heterocycles. The van der Waals surface area contributed by atoms with Crippen LogP contribution in [-0.4, -0.2) is 27.1 Å². The Bertz CT molecular complexity index is 456. The van der Waals surface area contributed by atoms with E-state index in [-0.39, 0.29) is 5.69 Å². The molecule has 1 rings (SSSR count). The van der Waals surface area contributed by atoms with E-state index in [9.17, 15) is 14.9 Å². The number of rotatable bonds is 7. The number of nitro groups is 1. The van der Waals surface area contributed by atoms with Crippen molar-refractivity contribution in [3.05, 3.63) is 33.0 Å². The van der Waals surface area contributed by atoms with Crippen LogP contribution in [-0.2, 0) is 6.54 Å². The molecule has 0 saturated carbocycles. The zero-order chi connectivity index (χ0) is 13.5. The molecule has 0 amide bonds. The SMILES string of the molecule is CC(C)NCCCCn1cc([N+](=O)[O-])cnc1=O. The summed E-state index contributed by atoms with van der Waals surface area (Å²) in [6.45, 7) is 5.45. The van der Waals surface area contributed by atoms with Gasteiger partial charge in [-0.1, -0.05) is 13.8 Å². The number of aromatic nitrogens is 2. The van der Waals surface area contributed by atoms with Crippen LogP contribution in [0.3, 0.4) is 0 Å². The molecular formula is C11H18N4O3. The van der Waals surface area contributed by atoms with Crippen molar-refractivity contribution in [2.75, 3.05) is 6.54 Å². The van der Waals surface area contributed by atoms with Gasteiger partial charge < -0.3 is 5.32 Å². The van der Waals surface area contributed by atoms with Gasteiger partial charge in [0, 0.05) is 12.6 Å². The molecule has 1 aromatic rings. The van der Waals surface area contributed by atoms with E-state index < -0.39 is 10.6 Å². The average Bonchev–Trinajstić information content (AvgIpc) is 2.30. The number of nitrogens with zero attached hydrogens (tertiary/aromatic N) is 3. The standard InChI is InChI=1S/C11H18N4O3/c1-9(2)12-5-3-4-6-14-8-10(15(17)18)7-13-11(14)16/h7-9,12H,3-6H2,1-2H3. The van der Waals surface area contributed by atoms with Gasteiger partial charge >= 0.3 is 11.4 Å². The smallest absolute Gasteiger partial charge is 0.315 e. The van der Waals surface area contributed by atoms with Crippen LogP contribution < -0.4 is 11.0 Å². The average molecular weight is 254 g/mol. The molecule has 0 atom stereocenters. The quantitative estimate of drug-likeness (QED) is 0.444. The van der Waals surface area contributed by atoms with Gasteiger partial charge in [0.2, 0.25) is 0 Å². The molecule has 0 spiro atoms. The van der Waals surface area contributed by atoms with Crippen molar-refractivity contribution in [3.8, 4) is 0 Å². The molecule has 0 radical (unpaired) electrons. The Balaban J connectivity index is 2.49. The van der Waals surface area contributed by atoms with E-state index in [2.05, 4.69) is 24.1 Å². The molecule has 0 bridgehead atoms. The second-order valence-electron chi connectivity index (χ2n) is 4.36. The molecule has 0 fully saturated rings. The molecule has 0 saturated heterocycles. The lowest BCUT2D eigenvalue weighted by atomic mass is 10.3. The number of unbranched alkanes of at least 4 members (excludes halogenated alkanes) is 1. The summed E-state index contributed by atoms with van der Waals surface area (Å²) in [6.07, 6.45) is 3.92. The summed E-state index contributed by atoms with van der Waals surface area (Å²) < 4.78 is 1.29. The first kappa shape index (κ1) is 14.3. The molecule has 0 aromatic carbocycles. The van der Waals surface area contributed by atoms with Gasteiger partial charge in [0.1, 0.15) is 6.20 Å². The summed E-state index contributed by atoms with van der Waals surface area (Å²) in [6, 6.07) is 0.437. The highest BCUT2D eigenvalue weighted by Crippen LogP contribution is 2.05. The van der Waals surface area contributed by atoms with E-state index >= 15 is 0 Å². The van der Waals surface area contributed by atoms with Crippen LogP contribution >= 0.6 is 0 Å². The lowest BCUT2D eigenvalue weighted by Gasteiger charge is -2.08. The van der Waals surface area contributed by atoms with Crippen LogP contribution in [0.4, 0.5) is 5.69 Å². The van der Waals surface area contributed by atoms with E-state index in [4.69, 9.17) is 0 Å². The van der Waals surface area contributed by atoms with Crippen molar-refractivity contribution < 1.29 is 4.92 Å². The van der Waals surface area contributed by atoms with Crippen molar-refractivity contribution in [1.82, 2.24) is 14.9 Å². The van der Waals surface area contributed by atoms with Gasteiger partial charge in [-0.2, -0.15) is 4.98 Å². The van der Waals surface area contributed by atoms with Crippen molar-refractivity contribution in [2.45, 2.75) is 39.3 Å². The Labute approximate surface area is 105 Å². The molecule has 7 nitrogen and oxygen atoms in total. The van der Waals surface area contributed by atoms with Gasteiger partial charge in [0.05, 0.1) is 11.1 Å². The molecule has 18 heavy (non-hydrogen) atoms. The molecule has 1 N–H and O–H groups in total. The van der Waals surface area contributed by atoms with Crippen LogP contribution in [0.1, 0.15) is 26.7 Å². The first-order valence-corrected chi connectivity index (χ1v) is 5.95. The van der Waals surface area contributed by atoms with Crippen LogP contribution in [0.2, 0.25) is 0 Å². The highest BCUT2D eigenvalue weighted by Gasteiger charge is 2.08. The monoisotopic (exact) mass is 254 g/mol. The number of hydrogen-bond acceptors (Lipinski definition) is 5. The summed E-state index contributed by atoms with van der Waals surface area (Å²) >= 11 is 0. The summed E-state index contributed by atoms with van der Waals surface area (Å²) in [5.41, 5.74) is -0.604. The fraction of sp³-hybridized carbons (Fsp3) is 0.636. The van der Waals surface area contributed by atoms with E-state index in [0.29, 0.717) is 12.6 Å². The summed E-state index contributed by atoms with van der Waals surface area (Å²) in [5, 5.41) is 13.8. The fourth-order valence-electron chi connectivity index (χ4n) is 1.50. The summed E-state index contributed by atoms with van der Waals surface area (Å²) in [4.78, 5) is 24.9. The zero-order valence-electron chi connectivity index (χ0n) is 10.6. The minimum Gasteiger partial charge on any atom is -0.315 e. The number of nitrogens with one attached hydrogen (secondary N) is 1. The van der Waals surface area contributed by atoms with Crippen molar-refractivity contribution in [3.63, 3.8) is 0 Å². The minimum atomic E-state index is -0.552. The molecule has 100 valence electrons. The number of aryl methyl sites for hydroxylation is 1. The number of hydrogen-bond donors (Lipinski definition) is 1. The first-order chi connectivity index (χ1) is 8.50. The molecule has 1 aromatic heterocycles. The third-order valence-electron chi connectivity index (χ3n) is 2.43. The Hall–Kier alpha value is -1.76. The van der Waals surface area contributed by atoms with Gasteiger partial charge in [-0.15, -0.1) is 0 Å². The van der Waals surface area contributed by atoms with Gasteiger partial charge in [-0.25, -0.2) is 4.79 Å². The van der Waals surface area contributed by atoms with Gasteiger partial charge in [-0.05, 0) is 19.4 Å². The lowest BCUT2D eigenvalue weighted by Crippen LogP contribution is -2.25. The Morgan fingerprint density at radius 2 is 2.22 bits per heavy atom. The highest BCUT2D eigenvalue weighted by molar-refractivity contribution is 5.20. The normalized spacial score (nSPS) is 10.8. The molecule has 7 heteroatoms. The van der Waals surface area contributed by atoms with Crippen molar-refractivity contribution in [1.29, 1.82) is 0 Å². The predicted molar refractivity (Wildman–Crippen MR) is 67.5 cm³/mol. The second-order valence-corrected chi connectivity index (χ2v) is 4.36. The third-order valence-corrected chi connectivity index (χ3v) is 2.43. The molecule has 1 heterocycles. The summed E-state index contributed by atoms with van der Waals surface area (Å²) in [5.74, 6) is 0. The van der Waals surface area contributed by atoms with Crippen molar-refractivity contribution in [2.24, 2.45) is 0 Å². The van der Waals surface area contributed by atoms with E-state index in [1.165, 1.54) is 10.8 Å². The molecule has 0 aliphatic rings. The van der Waals surface area contributed by atoms with E-state index in [1.807, 2.05) is 0 Å². The van der Waals surface area contributed by atoms with Gasteiger partial charge in [0.25, 0.3) is 0 Å². The zero-order valence-corrected chi connectivity index (χ0v) is 10.6. The van der Waals surface area contributed by atoms with Gasteiger partial charge in [0.15, 0.2) is 0 Å². The maximum Gasteiger partial charge on any atom is 0.347 e. The maximum atomic E-state index is 11.4. The second kappa shape index (κ2) is 6.85. The Morgan fingerprint density at radius 1 is 1.50 bits per heavy atom. The maximum absolute atomic E-state index is 11.4. The van der Waals surface area contributed by atoms with Crippen molar-refractivity contribution >= 4 is 5.69 Å². The van der Waals surface area contributed by atoms with Crippen LogP contribution in [0, 0.1) is 10.1 Å². The molecule has 0 unspecified atom stereocenters. The molecule has 0 aliphatic carbocycles. The predicted octanol–water partition coefficient (Wildman–Crippen LogP) is 0.930. The van der Waals surface area contributed by atoms with Crippen LogP contribution in [0.15, 0.2) is 17.2 Å². The van der Waals surface area contributed by atoms with Crippen LogP contribution in [0.25, 0.3) is 0 Å². The summed E-state index contributed by atoms with van der Waals surface area (Å²) in [7, 11) is 0. The Kier molecular flexibility index (Phi) is 5.44. The van der Waals surface area contributed by atoms with E-state index in [0.717, 1.165) is 25.6 Å². The van der Waals surface area contributed by atoms with E-state index in [1.54, 1.807) is 0 Å². The highest BCUT2D eigenvalue weighted by atomic mass is 16.6.